The summed E-state index contributed by atoms with van der Waals surface area (Å²) in [7, 11) is 0. The zero-order chi connectivity index (χ0) is 13.0. The highest BCUT2D eigenvalue weighted by atomic mass is 19.1. The average Bonchev–Trinajstić information content (AvgIpc) is 2.39. The van der Waals surface area contributed by atoms with Crippen molar-refractivity contribution in [1.29, 1.82) is 0 Å². The zero-order valence-corrected chi connectivity index (χ0v) is 9.96. The largest absolute Gasteiger partial charge is 0.325 e. The molecule has 94 valence electrons. The summed E-state index contributed by atoms with van der Waals surface area (Å²) in [5.74, 6) is 0. The zero-order valence-electron chi connectivity index (χ0n) is 9.96. The van der Waals surface area contributed by atoms with Crippen molar-refractivity contribution in [1.82, 2.24) is 0 Å². The van der Waals surface area contributed by atoms with Crippen LogP contribution >= 0.6 is 0 Å². The molecule has 1 heterocycles. The van der Waals surface area contributed by atoms with Crippen LogP contribution in [0.1, 0.15) is 5.56 Å². The van der Waals surface area contributed by atoms with Crippen LogP contribution in [0.25, 0.3) is 11.1 Å². The van der Waals surface area contributed by atoms with Crippen LogP contribution in [0.5, 0.6) is 0 Å². The number of hydrogen-bond acceptors (Lipinski definition) is 2. The number of hydrogen-bond donors (Lipinski definition) is 2. The number of halogens is 1. The Morgan fingerprint density at radius 2 is 1.89 bits per heavy atom. The van der Waals surface area contributed by atoms with Gasteiger partial charge in [0.1, 0.15) is 6.67 Å². The second-order valence-electron chi connectivity index (χ2n) is 4.29. The van der Waals surface area contributed by atoms with E-state index < -0.39 is 12.7 Å². The second-order valence-corrected chi connectivity index (χ2v) is 4.29. The third-order valence-electron chi connectivity index (χ3n) is 2.77. The maximum absolute atomic E-state index is 12.3. The van der Waals surface area contributed by atoms with E-state index >= 15 is 0 Å². The van der Waals surface area contributed by atoms with Gasteiger partial charge in [0.25, 0.3) is 0 Å². The Labute approximate surface area is 105 Å². The van der Waals surface area contributed by atoms with Crippen molar-refractivity contribution in [3.63, 3.8) is 0 Å². The van der Waals surface area contributed by atoms with E-state index in [-0.39, 0.29) is 0 Å². The molecule has 0 spiro atoms. The average molecular weight is 247 g/mol. The van der Waals surface area contributed by atoms with Crippen LogP contribution in [0.15, 0.2) is 48.8 Å². The van der Waals surface area contributed by atoms with Crippen molar-refractivity contribution in [2.75, 3.05) is 6.67 Å². The van der Waals surface area contributed by atoms with Gasteiger partial charge in [0.05, 0.1) is 5.56 Å². The number of benzene rings is 1. The lowest BCUT2D eigenvalue weighted by atomic mass is 10.0. The van der Waals surface area contributed by atoms with Crippen LogP contribution in [0.4, 0.5) is 4.39 Å². The number of alkyl halides is 1. The Morgan fingerprint density at radius 1 is 1.17 bits per heavy atom. The van der Waals surface area contributed by atoms with Crippen LogP contribution in [0.3, 0.4) is 0 Å². The SMILES string of the molecule is N[C@H](CF)Cc1ccc(-c2ccc[n+](O)c2)cc1. The fourth-order valence-corrected chi connectivity index (χ4v) is 1.82. The monoisotopic (exact) mass is 247 g/mol. The minimum atomic E-state index is -0.509. The maximum Gasteiger partial charge on any atom is 0.230 e. The highest BCUT2D eigenvalue weighted by Gasteiger charge is 2.06. The van der Waals surface area contributed by atoms with E-state index in [2.05, 4.69) is 0 Å². The number of nitrogens with zero attached hydrogens (tertiary/aromatic N) is 1. The molecule has 0 aliphatic carbocycles. The third kappa shape index (κ3) is 3.05. The Balaban J connectivity index is 2.17. The predicted octanol–water partition coefficient (Wildman–Crippen LogP) is 1.72. The van der Waals surface area contributed by atoms with E-state index in [1.54, 1.807) is 18.5 Å². The van der Waals surface area contributed by atoms with Gasteiger partial charge in [-0.2, -0.15) is 0 Å². The molecule has 0 radical (unpaired) electrons. The molecule has 1 atom stereocenters. The fourth-order valence-electron chi connectivity index (χ4n) is 1.82. The molecule has 1 aromatic carbocycles. The molecule has 2 aromatic rings. The first kappa shape index (κ1) is 12.5. The summed E-state index contributed by atoms with van der Waals surface area (Å²) in [5.41, 5.74) is 8.49. The number of rotatable bonds is 4. The van der Waals surface area contributed by atoms with E-state index in [9.17, 15) is 9.60 Å². The summed E-state index contributed by atoms with van der Waals surface area (Å²) in [5, 5.41) is 9.34. The first-order chi connectivity index (χ1) is 8.69. The summed E-state index contributed by atoms with van der Waals surface area (Å²) in [6.45, 7) is -0.509. The lowest BCUT2D eigenvalue weighted by molar-refractivity contribution is -0.904. The smallest absolute Gasteiger partial charge is 0.230 e. The standard InChI is InChI=1S/C14H16FN2O/c15-9-14(16)8-11-3-5-12(6-4-11)13-2-1-7-17(18)10-13/h1-7,10,14,18H,8-9,16H2/q+1/t14-/m0/s1. The molecule has 18 heavy (non-hydrogen) atoms. The van der Waals surface area contributed by atoms with Crippen molar-refractivity contribution < 1.29 is 14.3 Å². The highest BCUT2D eigenvalue weighted by molar-refractivity contribution is 5.61. The lowest BCUT2D eigenvalue weighted by Crippen LogP contribution is -2.28. The summed E-state index contributed by atoms with van der Waals surface area (Å²) >= 11 is 0. The Kier molecular flexibility index (Phi) is 3.89. The molecule has 4 heteroatoms. The van der Waals surface area contributed by atoms with Crippen molar-refractivity contribution >= 4 is 0 Å². The summed E-state index contributed by atoms with van der Waals surface area (Å²) in [6.07, 6.45) is 3.71. The quantitative estimate of drug-likeness (QED) is 0.638. The normalized spacial score (nSPS) is 12.3. The maximum atomic E-state index is 12.3. The second kappa shape index (κ2) is 5.60. The van der Waals surface area contributed by atoms with E-state index in [1.165, 1.54) is 0 Å². The molecule has 0 aliphatic heterocycles. The fraction of sp³-hybridized carbons (Fsp3) is 0.214. The minimum absolute atomic E-state index is 0.438. The van der Waals surface area contributed by atoms with Crippen molar-refractivity contribution in [3.8, 4) is 11.1 Å². The van der Waals surface area contributed by atoms with E-state index in [0.717, 1.165) is 21.4 Å². The minimum Gasteiger partial charge on any atom is -0.325 e. The van der Waals surface area contributed by atoms with E-state index in [1.807, 2.05) is 30.3 Å². The van der Waals surface area contributed by atoms with Gasteiger partial charge in [-0.05, 0) is 23.6 Å². The Morgan fingerprint density at radius 3 is 2.50 bits per heavy atom. The molecule has 0 amide bonds. The number of nitrogens with two attached hydrogens (primary N) is 1. The predicted molar refractivity (Wildman–Crippen MR) is 66.9 cm³/mol. The van der Waals surface area contributed by atoms with Crippen molar-refractivity contribution in [2.45, 2.75) is 12.5 Å². The number of pyridine rings is 1. The molecule has 0 saturated heterocycles. The molecule has 1 aromatic heterocycles. The third-order valence-corrected chi connectivity index (χ3v) is 2.77. The molecule has 0 aliphatic rings. The van der Waals surface area contributed by atoms with Gasteiger partial charge in [-0.25, -0.2) is 4.39 Å². The summed E-state index contributed by atoms with van der Waals surface area (Å²) in [4.78, 5) is 0. The summed E-state index contributed by atoms with van der Waals surface area (Å²) < 4.78 is 13.3. The van der Waals surface area contributed by atoms with Gasteiger partial charge in [0.15, 0.2) is 0 Å². The van der Waals surface area contributed by atoms with Crippen LogP contribution in [-0.4, -0.2) is 17.9 Å². The molecule has 3 nitrogen and oxygen atoms in total. The topological polar surface area (TPSA) is 50.1 Å². The Bertz CT molecular complexity index is 513. The van der Waals surface area contributed by atoms with Gasteiger partial charge in [-0.15, -0.1) is 0 Å². The van der Waals surface area contributed by atoms with Crippen LogP contribution in [0.2, 0.25) is 0 Å². The molecule has 0 unspecified atom stereocenters. The van der Waals surface area contributed by atoms with E-state index in [0.29, 0.717) is 6.42 Å². The molecule has 0 bridgehead atoms. The summed E-state index contributed by atoms with van der Waals surface area (Å²) in [6, 6.07) is 11.0. The van der Waals surface area contributed by atoms with Gasteiger partial charge in [-0.1, -0.05) is 24.3 Å². The van der Waals surface area contributed by atoms with Gasteiger partial charge in [0, 0.05) is 16.8 Å². The van der Waals surface area contributed by atoms with Gasteiger partial charge in [-0.3, -0.25) is 5.21 Å². The Hall–Kier alpha value is -1.94. The lowest BCUT2D eigenvalue weighted by Gasteiger charge is -2.07. The molecular formula is C14H16FN2O+. The van der Waals surface area contributed by atoms with Gasteiger partial charge < -0.3 is 5.73 Å². The molecule has 0 fully saturated rings. The van der Waals surface area contributed by atoms with Crippen molar-refractivity contribution in [3.05, 3.63) is 54.4 Å². The molecule has 0 saturated carbocycles. The van der Waals surface area contributed by atoms with Crippen LogP contribution in [0, 0.1) is 0 Å². The number of aromatic nitrogens is 1. The van der Waals surface area contributed by atoms with Gasteiger partial charge in [0.2, 0.25) is 12.4 Å². The van der Waals surface area contributed by atoms with Gasteiger partial charge >= 0.3 is 0 Å². The first-order valence-corrected chi connectivity index (χ1v) is 5.80. The van der Waals surface area contributed by atoms with Crippen LogP contribution in [-0.2, 0) is 6.42 Å². The molecule has 3 N–H and O–H groups in total. The van der Waals surface area contributed by atoms with E-state index in [4.69, 9.17) is 5.73 Å². The van der Waals surface area contributed by atoms with Crippen molar-refractivity contribution in [2.24, 2.45) is 5.73 Å². The van der Waals surface area contributed by atoms with Crippen LogP contribution < -0.4 is 10.5 Å². The highest BCUT2D eigenvalue weighted by Crippen LogP contribution is 2.18. The first-order valence-electron chi connectivity index (χ1n) is 5.80. The molecular weight excluding hydrogens is 231 g/mol. The molecule has 2 rings (SSSR count).